The molecule has 0 radical (unpaired) electrons. The molecule has 2 aromatic carbocycles. The second kappa shape index (κ2) is 7.60. The van der Waals surface area contributed by atoms with Crippen molar-refractivity contribution in [3.05, 3.63) is 54.1 Å². The lowest BCUT2D eigenvalue weighted by Gasteiger charge is -2.15. The van der Waals surface area contributed by atoms with Gasteiger partial charge in [0.2, 0.25) is 11.8 Å². The van der Waals surface area contributed by atoms with Gasteiger partial charge in [0.1, 0.15) is 11.5 Å². The largest absolute Gasteiger partial charge is 0.497 e. The Labute approximate surface area is 153 Å². The topological polar surface area (TPSA) is 55.8 Å². The van der Waals surface area contributed by atoms with Gasteiger partial charge in [0.25, 0.3) is 0 Å². The molecule has 2 amide bonds. The predicted molar refractivity (Wildman–Crippen MR) is 99.5 cm³/mol. The number of imide groups is 1. The third-order valence-electron chi connectivity index (χ3n) is 4.77. The van der Waals surface area contributed by atoms with Gasteiger partial charge in [0.05, 0.1) is 25.3 Å². The number of benzene rings is 2. The van der Waals surface area contributed by atoms with Crippen LogP contribution in [0.15, 0.2) is 48.5 Å². The van der Waals surface area contributed by atoms with Crippen molar-refractivity contribution in [1.82, 2.24) is 0 Å². The molecule has 5 heteroatoms. The highest BCUT2D eigenvalue weighted by molar-refractivity contribution is 6.22. The summed E-state index contributed by atoms with van der Waals surface area (Å²) in [4.78, 5) is 26.9. The fraction of sp³-hybridized carbons (Fsp3) is 0.333. The van der Waals surface area contributed by atoms with Crippen LogP contribution in [0.1, 0.15) is 19.4 Å². The SMILES string of the molecule is CCOc1ccc(N2C(=O)[C@H](C)[C@@H](Cc3ccc(OC)cc3)C2=O)cc1. The predicted octanol–water partition coefficient (Wildman–Crippen LogP) is 3.46. The molecule has 0 spiro atoms. The number of carbonyl (C=O) groups excluding carboxylic acids is 2. The molecule has 0 aromatic heterocycles. The molecule has 0 saturated carbocycles. The lowest BCUT2D eigenvalue weighted by Crippen LogP contribution is -2.31. The summed E-state index contributed by atoms with van der Waals surface area (Å²) in [5, 5.41) is 0. The zero-order valence-corrected chi connectivity index (χ0v) is 15.3. The monoisotopic (exact) mass is 353 g/mol. The van der Waals surface area contributed by atoms with Gasteiger partial charge in [-0.2, -0.15) is 0 Å². The van der Waals surface area contributed by atoms with Crippen molar-refractivity contribution < 1.29 is 19.1 Å². The highest BCUT2D eigenvalue weighted by Gasteiger charge is 2.45. The summed E-state index contributed by atoms with van der Waals surface area (Å²) in [5.74, 6) is 0.476. The Bertz CT molecular complexity index is 783. The summed E-state index contributed by atoms with van der Waals surface area (Å²) >= 11 is 0. The summed E-state index contributed by atoms with van der Waals surface area (Å²) in [6, 6.07) is 14.7. The smallest absolute Gasteiger partial charge is 0.238 e. The molecule has 26 heavy (non-hydrogen) atoms. The molecule has 0 bridgehead atoms. The maximum absolute atomic E-state index is 12.9. The first-order valence-corrected chi connectivity index (χ1v) is 8.78. The summed E-state index contributed by atoms with van der Waals surface area (Å²) in [5.41, 5.74) is 1.60. The molecule has 0 N–H and O–H groups in total. The van der Waals surface area contributed by atoms with E-state index in [9.17, 15) is 9.59 Å². The van der Waals surface area contributed by atoms with Crippen molar-refractivity contribution in [3.63, 3.8) is 0 Å². The molecule has 3 rings (SSSR count). The first-order chi connectivity index (χ1) is 12.5. The van der Waals surface area contributed by atoms with Gasteiger partial charge in [0.15, 0.2) is 0 Å². The summed E-state index contributed by atoms with van der Waals surface area (Å²) < 4.78 is 10.6. The van der Waals surface area contributed by atoms with E-state index in [2.05, 4.69) is 0 Å². The molecule has 136 valence electrons. The van der Waals surface area contributed by atoms with Gasteiger partial charge in [-0.25, -0.2) is 0 Å². The van der Waals surface area contributed by atoms with Crippen molar-refractivity contribution in [2.75, 3.05) is 18.6 Å². The van der Waals surface area contributed by atoms with Crippen molar-refractivity contribution in [2.45, 2.75) is 20.3 Å². The average molecular weight is 353 g/mol. The quantitative estimate of drug-likeness (QED) is 0.746. The number of methoxy groups -OCH3 is 1. The molecule has 1 aliphatic heterocycles. The van der Waals surface area contributed by atoms with Gasteiger partial charge in [-0.15, -0.1) is 0 Å². The van der Waals surface area contributed by atoms with Crippen LogP contribution in [0.2, 0.25) is 0 Å². The fourth-order valence-corrected chi connectivity index (χ4v) is 3.26. The normalized spacial score (nSPS) is 19.7. The van der Waals surface area contributed by atoms with E-state index in [1.807, 2.05) is 38.1 Å². The van der Waals surface area contributed by atoms with E-state index in [1.165, 1.54) is 4.90 Å². The van der Waals surface area contributed by atoms with Crippen LogP contribution in [-0.2, 0) is 16.0 Å². The first-order valence-electron chi connectivity index (χ1n) is 8.78. The van der Waals surface area contributed by atoms with E-state index in [0.29, 0.717) is 18.7 Å². The van der Waals surface area contributed by atoms with Crippen LogP contribution < -0.4 is 14.4 Å². The van der Waals surface area contributed by atoms with Gasteiger partial charge >= 0.3 is 0 Å². The zero-order chi connectivity index (χ0) is 18.7. The third kappa shape index (κ3) is 3.43. The number of ether oxygens (including phenoxy) is 2. The number of rotatable bonds is 6. The second-order valence-corrected chi connectivity index (χ2v) is 6.39. The van der Waals surface area contributed by atoms with Gasteiger partial charge < -0.3 is 9.47 Å². The first kappa shape index (κ1) is 18.0. The number of nitrogens with zero attached hydrogens (tertiary/aromatic N) is 1. The highest BCUT2D eigenvalue weighted by Crippen LogP contribution is 2.33. The summed E-state index contributed by atoms with van der Waals surface area (Å²) in [7, 11) is 1.62. The van der Waals surface area contributed by atoms with Gasteiger partial charge in [-0.1, -0.05) is 19.1 Å². The summed E-state index contributed by atoms with van der Waals surface area (Å²) in [6.07, 6.45) is 0.531. The van der Waals surface area contributed by atoms with E-state index < -0.39 is 0 Å². The Morgan fingerprint density at radius 1 is 0.923 bits per heavy atom. The molecule has 0 aliphatic carbocycles. The number of amides is 2. The minimum atomic E-state index is -0.359. The van der Waals surface area contributed by atoms with Gasteiger partial charge in [0, 0.05) is 5.92 Å². The van der Waals surface area contributed by atoms with Crippen LogP contribution in [0.3, 0.4) is 0 Å². The van der Waals surface area contributed by atoms with E-state index in [4.69, 9.17) is 9.47 Å². The molecule has 1 fully saturated rings. The number of anilines is 1. The molecular formula is C21H23NO4. The van der Waals surface area contributed by atoms with Gasteiger partial charge in [-0.3, -0.25) is 14.5 Å². The lowest BCUT2D eigenvalue weighted by atomic mass is 9.90. The van der Waals surface area contributed by atoms with Crippen molar-refractivity contribution in [3.8, 4) is 11.5 Å². The molecule has 1 saturated heterocycles. The van der Waals surface area contributed by atoms with E-state index in [-0.39, 0.29) is 23.7 Å². The Hall–Kier alpha value is -2.82. The molecular weight excluding hydrogens is 330 g/mol. The van der Waals surface area contributed by atoms with Crippen molar-refractivity contribution in [1.29, 1.82) is 0 Å². The Morgan fingerprint density at radius 3 is 2.12 bits per heavy atom. The number of hydrogen-bond acceptors (Lipinski definition) is 4. The lowest BCUT2D eigenvalue weighted by molar-refractivity contribution is -0.122. The standard InChI is InChI=1S/C21H23NO4/c1-4-26-18-11-7-16(8-12-18)22-20(23)14(2)19(21(22)24)13-15-5-9-17(25-3)10-6-15/h5-12,14,19H,4,13H2,1-3H3/t14-,19-/m1/s1. The Morgan fingerprint density at radius 2 is 1.54 bits per heavy atom. The highest BCUT2D eigenvalue weighted by atomic mass is 16.5. The fourth-order valence-electron chi connectivity index (χ4n) is 3.26. The van der Waals surface area contributed by atoms with E-state index >= 15 is 0 Å². The van der Waals surface area contributed by atoms with Gasteiger partial charge in [-0.05, 0) is 55.3 Å². The van der Waals surface area contributed by atoms with Crippen molar-refractivity contribution in [2.24, 2.45) is 11.8 Å². The van der Waals surface area contributed by atoms with E-state index in [1.54, 1.807) is 31.4 Å². The van der Waals surface area contributed by atoms with Crippen LogP contribution >= 0.6 is 0 Å². The van der Waals surface area contributed by atoms with Crippen LogP contribution in [0.25, 0.3) is 0 Å². The number of carbonyl (C=O) groups is 2. The number of hydrogen-bond donors (Lipinski definition) is 0. The third-order valence-corrected chi connectivity index (χ3v) is 4.77. The maximum Gasteiger partial charge on any atom is 0.238 e. The van der Waals surface area contributed by atoms with Crippen LogP contribution in [0, 0.1) is 11.8 Å². The van der Waals surface area contributed by atoms with Crippen LogP contribution in [-0.4, -0.2) is 25.5 Å². The average Bonchev–Trinajstić information content (AvgIpc) is 2.87. The maximum atomic E-state index is 12.9. The Balaban J connectivity index is 1.79. The minimum absolute atomic E-state index is 0.150. The minimum Gasteiger partial charge on any atom is -0.497 e. The van der Waals surface area contributed by atoms with Crippen molar-refractivity contribution >= 4 is 17.5 Å². The Kier molecular flexibility index (Phi) is 5.26. The van der Waals surface area contributed by atoms with Crippen LogP contribution in [0.4, 0.5) is 5.69 Å². The molecule has 1 heterocycles. The second-order valence-electron chi connectivity index (χ2n) is 6.39. The molecule has 2 aromatic rings. The molecule has 1 aliphatic rings. The van der Waals surface area contributed by atoms with E-state index in [0.717, 1.165) is 17.1 Å². The summed E-state index contributed by atoms with van der Waals surface area (Å²) in [6.45, 7) is 4.30. The zero-order valence-electron chi connectivity index (χ0n) is 15.3. The van der Waals surface area contributed by atoms with Crippen LogP contribution in [0.5, 0.6) is 11.5 Å². The molecule has 0 unspecified atom stereocenters. The molecule has 5 nitrogen and oxygen atoms in total. The molecule has 2 atom stereocenters.